The predicted molar refractivity (Wildman–Crippen MR) is 56.8 cm³/mol. The van der Waals surface area contributed by atoms with E-state index in [1.165, 1.54) is 21.7 Å². The monoisotopic (exact) mass is 262 g/mol. The maximum atomic E-state index is 12.4. The van der Waals surface area contributed by atoms with Crippen molar-refractivity contribution >= 4 is 17.2 Å². The topological polar surface area (TPSA) is 33.2 Å². The third-order valence-electron chi connectivity index (χ3n) is 2.51. The third kappa shape index (κ3) is 2.66. The van der Waals surface area contributed by atoms with Crippen molar-refractivity contribution in [3.05, 3.63) is 28.2 Å². The van der Waals surface area contributed by atoms with Gasteiger partial charge < -0.3 is 4.90 Å². The van der Waals surface area contributed by atoms with Crippen molar-refractivity contribution in [1.29, 1.82) is 0 Å². The molecule has 2 rings (SSSR count). The number of thiazole rings is 1. The van der Waals surface area contributed by atoms with Gasteiger partial charge in [-0.25, -0.2) is 4.98 Å². The molecule has 0 saturated heterocycles. The van der Waals surface area contributed by atoms with Crippen LogP contribution in [-0.4, -0.2) is 35.1 Å². The number of nitrogens with zero attached hydrogens (tertiary/aromatic N) is 2. The van der Waals surface area contributed by atoms with Crippen molar-refractivity contribution in [2.24, 2.45) is 0 Å². The Morgan fingerprint density at radius 2 is 2.24 bits per heavy atom. The van der Waals surface area contributed by atoms with Gasteiger partial charge >= 0.3 is 6.18 Å². The van der Waals surface area contributed by atoms with Crippen LogP contribution >= 0.6 is 11.3 Å². The fourth-order valence-corrected chi connectivity index (χ4v) is 2.12. The molecule has 0 radical (unpaired) electrons. The molecule has 0 bridgehead atoms. The number of halogens is 3. The van der Waals surface area contributed by atoms with Crippen LogP contribution in [0, 0.1) is 0 Å². The molecule has 0 N–H and O–H groups in total. The van der Waals surface area contributed by atoms with Gasteiger partial charge in [-0.3, -0.25) is 4.79 Å². The Bertz CT molecular complexity index is 439. The van der Waals surface area contributed by atoms with Gasteiger partial charge in [0, 0.05) is 24.0 Å². The minimum atomic E-state index is -4.28. The largest absolute Gasteiger partial charge is 0.412 e. The maximum Gasteiger partial charge on any atom is 0.412 e. The molecule has 1 amide bonds. The first-order valence-corrected chi connectivity index (χ1v) is 5.86. The van der Waals surface area contributed by atoms with Crippen molar-refractivity contribution < 1.29 is 18.0 Å². The first kappa shape index (κ1) is 12.1. The van der Waals surface area contributed by atoms with Crippen LogP contribution in [-0.2, 0) is 0 Å². The van der Waals surface area contributed by atoms with E-state index in [-0.39, 0.29) is 25.4 Å². The van der Waals surface area contributed by atoms with E-state index in [1.54, 1.807) is 5.38 Å². The highest BCUT2D eigenvalue weighted by Gasteiger charge is 2.35. The van der Waals surface area contributed by atoms with Crippen LogP contribution in [0.1, 0.15) is 16.9 Å². The zero-order valence-corrected chi connectivity index (χ0v) is 9.51. The summed E-state index contributed by atoms with van der Waals surface area (Å²) >= 11 is 1.28. The molecule has 0 fully saturated rings. The summed E-state index contributed by atoms with van der Waals surface area (Å²) in [5.74, 6) is -0.316. The number of rotatable bonds is 1. The molecule has 17 heavy (non-hydrogen) atoms. The van der Waals surface area contributed by atoms with Gasteiger partial charge in [0.1, 0.15) is 5.69 Å². The molecule has 1 aliphatic rings. The quantitative estimate of drug-likeness (QED) is 0.728. The highest BCUT2D eigenvalue weighted by Crippen LogP contribution is 2.30. The van der Waals surface area contributed by atoms with E-state index in [2.05, 4.69) is 4.98 Å². The van der Waals surface area contributed by atoms with Gasteiger partial charge in [0.2, 0.25) is 0 Å². The first-order chi connectivity index (χ1) is 7.98. The molecule has 1 aromatic heterocycles. The third-order valence-corrected chi connectivity index (χ3v) is 3.10. The molecule has 0 saturated carbocycles. The lowest BCUT2D eigenvalue weighted by Gasteiger charge is -2.26. The van der Waals surface area contributed by atoms with Crippen LogP contribution in [0.3, 0.4) is 0 Å². The highest BCUT2D eigenvalue weighted by atomic mass is 32.1. The van der Waals surface area contributed by atoms with Crippen LogP contribution in [0.5, 0.6) is 0 Å². The van der Waals surface area contributed by atoms with E-state index in [0.717, 1.165) is 6.08 Å². The average molecular weight is 262 g/mol. The fraction of sp³-hybridized carbons (Fsp3) is 0.400. The zero-order chi connectivity index (χ0) is 12.5. The van der Waals surface area contributed by atoms with Crippen molar-refractivity contribution in [2.75, 3.05) is 13.1 Å². The smallest absolute Gasteiger partial charge is 0.333 e. The number of aromatic nitrogens is 1. The first-order valence-electron chi connectivity index (χ1n) is 4.92. The predicted octanol–water partition coefficient (Wildman–Crippen LogP) is 2.48. The molecular formula is C10H9F3N2OS. The molecule has 1 aliphatic heterocycles. The summed E-state index contributed by atoms with van der Waals surface area (Å²) < 4.78 is 37.1. The van der Waals surface area contributed by atoms with E-state index in [1.807, 2.05) is 0 Å². The fourth-order valence-electron chi connectivity index (χ4n) is 1.59. The summed E-state index contributed by atoms with van der Waals surface area (Å²) in [5, 5.41) is 1.59. The SMILES string of the molecule is O=C(c1cscn1)N1CC=C(C(F)(F)F)CC1. The van der Waals surface area contributed by atoms with Crippen LogP contribution in [0.15, 0.2) is 22.5 Å². The maximum absolute atomic E-state index is 12.4. The van der Waals surface area contributed by atoms with E-state index in [9.17, 15) is 18.0 Å². The molecule has 0 unspecified atom stereocenters. The number of carbonyl (C=O) groups excluding carboxylic acids is 1. The molecule has 0 spiro atoms. The number of hydrogen-bond acceptors (Lipinski definition) is 3. The zero-order valence-electron chi connectivity index (χ0n) is 8.70. The van der Waals surface area contributed by atoms with Crippen LogP contribution < -0.4 is 0 Å². The molecule has 3 nitrogen and oxygen atoms in total. The molecule has 7 heteroatoms. The van der Waals surface area contributed by atoms with Crippen LogP contribution in [0.4, 0.5) is 13.2 Å². The normalized spacial score (nSPS) is 16.9. The Kier molecular flexibility index (Phi) is 3.19. The molecule has 0 aromatic carbocycles. The molecule has 1 aromatic rings. The highest BCUT2D eigenvalue weighted by molar-refractivity contribution is 7.07. The van der Waals surface area contributed by atoms with Crippen molar-refractivity contribution in [1.82, 2.24) is 9.88 Å². The summed E-state index contributed by atoms with van der Waals surface area (Å²) in [6, 6.07) is 0. The van der Waals surface area contributed by atoms with Gasteiger partial charge in [0.25, 0.3) is 5.91 Å². The van der Waals surface area contributed by atoms with E-state index in [0.29, 0.717) is 5.69 Å². The number of amides is 1. The average Bonchev–Trinajstić information content (AvgIpc) is 2.80. The van der Waals surface area contributed by atoms with Gasteiger partial charge in [0.05, 0.1) is 5.51 Å². The number of carbonyl (C=O) groups is 1. The van der Waals surface area contributed by atoms with E-state index >= 15 is 0 Å². The molecular weight excluding hydrogens is 253 g/mol. The Morgan fingerprint density at radius 3 is 2.71 bits per heavy atom. The molecule has 0 aliphatic carbocycles. The van der Waals surface area contributed by atoms with Gasteiger partial charge in [-0.05, 0) is 6.42 Å². The lowest BCUT2D eigenvalue weighted by atomic mass is 10.1. The Labute approximate surface area is 99.6 Å². The minimum absolute atomic E-state index is 0.00873. The standard InChI is InChI=1S/C10H9F3N2OS/c11-10(12,13)7-1-3-15(4-2-7)9(16)8-5-17-6-14-8/h1,5-6H,2-4H2. The Hall–Kier alpha value is -1.37. The van der Waals surface area contributed by atoms with Crippen LogP contribution in [0.2, 0.25) is 0 Å². The van der Waals surface area contributed by atoms with E-state index < -0.39 is 11.7 Å². The van der Waals surface area contributed by atoms with Crippen LogP contribution in [0.25, 0.3) is 0 Å². The van der Waals surface area contributed by atoms with Gasteiger partial charge in [-0.15, -0.1) is 11.3 Å². The Balaban J connectivity index is 2.05. The number of alkyl halides is 3. The summed E-state index contributed by atoms with van der Waals surface area (Å²) in [5.41, 5.74) is 1.26. The van der Waals surface area contributed by atoms with Crippen molar-refractivity contribution in [3.8, 4) is 0 Å². The van der Waals surface area contributed by atoms with Gasteiger partial charge in [-0.1, -0.05) is 6.08 Å². The lowest BCUT2D eigenvalue weighted by Crippen LogP contribution is -2.36. The molecule has 2 heterocycles. The Morgan fingerprint density at radius 1 is 1.47 bits per heavy atom. The van der Waals surface area contributed by atoms with E-state index in [4.69, 9.17) is 0 Å². The summed E-state index contributed by atoms with van der Waals surface area (Å²) in [6.45, 7) is 0.0763. The molecule has 92 valence electrons. The summed E-state index contributed by atoms with van der Waals surface area (Å²) in [7, 11) is 0. The number of hydrogen-bond donors (Lipinski definition) is 0. The molecule has 0 atom stereocenters. The minimum Gasteiger partial charge on any atom is -0.333 e. The second-order valence-electron chi connectivity index (χ2n) is 3.60. The van der Waals surface area contributed by atoms with Gasteiger partial charge in [0.15, 0.2) is 0 Å². The van der Waals surface area contributed by atoms with Crippen molar-refractivity contribution in [3.63, 3.8) is 0 Å². The summed E-state index contributed by atoms with van der Waals surface area (Å²) in [4.78, 5) is 17.0. The second kappa shape index (κ2) is 4.48. The summed E-state index contributed by atoms with van der Waals surface area (Å²) in [6.07, 6.45) is -3.37. The second-order valence-corrected chi connectivity index (χ2v) is 4.32. The lowest BCUT2D eigenvalue weighted by molar-refractivity contribution is -0.0957. The van der Waals surface area contributed by atoms with Gasteiger partial charge in [-0.2, -0.15) is 13.2 Å². The van der Waals surface area contributed by atoms with Crippen molar-refractivity contribution in [2.45, 2.75) is 12.6 Å².